The van der Waals surface area contributed by atoms with E-state index in [9.17, 15) is 9.59 Å². The summed E-state index contributed by atoms with van der Waals surface area (Å²) in [6, 6.07) is 0. The first kappa shape index (κ1) is 16.6. The van der Waals surface area contributed by atoms with Crippen LogP contribution in [0.1, 0.15) is 41.0 Å². The topological polar surface area (TPSA) is 64.6 Å². The first-order valence-corrected chi connectivity index (χ1v) is 6.02. The van der Waals surface area contributed by atoms with Gasteiger partial charge < -0.3 is 14.8 Å². The summed E-state index contributed by atoms with van der Waals surface area (Å²) in [6.07, 6.45) is 0.114. The van der Waals surface area contributed by atoms with Crippen LogP contribution in [0.4, 0.5) is 0 Å². The van der Waals surface area contributed by atoms with Crippen LogP contribution in [0.2, 0.25) is 0 Å². The minimum Gasteiger partial charge on any atom is -0.439 e. The third kappa shape index (κ3) is 5.82. The fourth-order valence-corrected chi connectivity index (χ4v) is 1.07. The van der Waals surface area contributed by atoms with E-state index in [4.69, 9.17) is 9.47 Å². The lowest BCUT2D eigenvalue weighted by Crippen LogP contribution is -2.48. The third-order valence-electron chi connectivity index (χ3n) is 2.18. The van der Waals surface area contributed by atoms with Gasteiger partial charge in [-0.1, -0.05) is 13.5 Å². The fourth-order valence-electron chi connectivity index (χ4n) is 1.07. The van der Waals surface area contributed by atoms with Crippen molar-refractivity contribution in [1.82, 2.24) is 5.32 Å². The molecule has 5 heteroatoms. The first-order chi connectivity index (χ1) is 8.20. The van der Waals surface area contributed by atoms with Crippen LogP contribution in [-0.4, -0.2) is 30.3 Å². The van der Waals surface area contributed by atoms with E-state index in [0.717, 1.165) is 6.42 Å². The van der Waals surface area contributed by atoms with E-state index < -0.39 is 17.8 Å². The second-order valence-corrected chi connectivity index (χ2v) is 4.66. The van der Waals surface area contributed by atoms with E-state index in [1.807, 2.05) is 6.92 Å². The van der Waals surface area contributed by atoms with E-state index >= 15 is 0 Å². The largest absolute Gasteiger partial charge is 0.439 e. The normalized spacial score (nSPS) is 12.7. The third-order valence-corrected chi connectivity index (χ3v) is 2.18. The minimum atomic E-state index is -0.945. The number of rotatable bonds is 7. The summed E-state index contributed by atoms with van der Waals surface area (Å²) in [5, 5.41) is 2.57. The molecule has 0 aromatic heterocycles. The van der Waals surface area contributed by atoms with E-state index in [-0.39, 0.29) is 11.5 Å². The van der Waals surface area contributed by atoms with Crippen molar-refractivity contribution in [3.8, 4) is 0 Å². The second kappa shape index (κ2) is 7.16. The van der Waals surface area contributed by atoms with E-state index in [2.05, 4.69) is 11.9 Å². The van der Waals surface area contributed by atoms with Crippen LogP contribution in [0.15, 0.2) is 12.2 Å². The zero-order valence-electron chi connectivity index (χ0n) is 11.8. The molecule has 0 aliphatic rings. The van der Waals surface area contributed by atoms with E-state index in [1.54, 1.807) is 27.7 Å². The van der Waals surface area contributed by atoms with Crippen molar-refractivity contribution >= 4 is 11.9 Å². The van der Waals surface area contributed by atoms with Crippen molar-refractivity contribution in [1.29, 1.82) is 0 Å². The quantitative estimate of drug-likeness (QED) is 0.429. The van der Waals surface area contributed by atoms with Crippen molar-refractivity contribution < 1.29 is 19.1 Å². The maximum atomic E-state index is 11.9. The van der Waals surface area contributed by atoms with Gasteiger partial charge in [-0.3, -0.25) is 4.79 Å². The van der Waals surface area contributed by atoms with Crippen LogP contribution in [0.3, 0.4) is 0 Å². The Bertz CT molecular complexity index is 323. The van der Waals surface area contributed by atoms with Crippen LogP contribution in [0.5, 0.6) is 0 Å². The first-order valence-electron chi connectivity index (χ1n) is 6.02. The molecule has 0 spiro atoms. The molecule has 0 saturated carbocycles. The van der Waals surface area contributed by atoms with Gasteiger partial charge >= 0.3 is 5.97 Å². The van der Waals surface area contributed by atoms with Crippen LogP contribution < -0.4 is 5.32 Å². The van der Waals surface area contributed by atoms with Gasteiger partial charge in [0.05, 0.1) is 0 Å². The molecule has 1 N–H and O–H groups in total. The molecule has 0 fully saturated rings. The maximum Gasteiger partial charge on any atom is 0.335 e. The lowest BCUT2D eigenvalue weighted by atomic mass is 10.1. The number of esters is 1. The molecular weight excluding hydrogens is 234 g/mol. The summed E-state index contributed by atoms with van der Waals surface area (Å²) in [4.78, 5) is 23.1. The van der Waals surface area contributed by atoms with Gasteiger partial charge in [-0.05, 0) is 34.1 Å². The predicted octanol–water partition coefficient (Wildman–Crippen LogP) is 1.77. The fraction of sp³-hybridized carbons (Fsp3) is 0.692. The highest BCUT2D eigenvalue weighted by Gasteiger charge is 2.29. The summed E-state index contributed by atoms with van der Waals surface area (Å²) in [7, 11) is 0. The summed E-state index contributed by atoms with van der Waals surface area (Å²) in [6.45, 7) is 12.4. The number of carbonyl (C=O) groups excluding carboxylic acids is 2. The Morgan fingerprint density at radius 3 is 2.39 bits per heavy atom. The predicted molar refractivity (Wildman–Crippen MR) is 68.8 cm³/mol. The SMILES string of the molecule is C=C(C)C(=O)OC(C)NC(=O)C(C)(C)OCCC. The average Bonchev–Trinajstić information content (AvgIpc) is 2.25. The molecule has 1 unspecified atom stereocenters. The molecular formula is C13H23NO4. The van der Waals surface area contributed by atoms with Gasteiger partial charge in [0, 0.05) is 12.2 Å². The Kier molecular flexibility index (Phi) is 6.62. The van der Waals surface area contributed by atoms with Gasteiger partial charge in [-0.25, -0.2) is 4.79 Å². The molecule has 104 valence electrons. The zero-order valence-corrected chi connectivity index (χ0v) is 11.8. The number of hydrogen-bond donors (Lipinski definition) is 1. The molecule has 1 atom stereocenters. The molecule has 0 aliphatic carbocycles. The molecule has 0 aromatic carbocycles. The summed E-state index contributed by atoms with van der Waals surface area (Å²) < 4.78 is 10.4. The molecule has 0 rings (SSSR count). The molecule has 0 aliphatic heterocycles. The molecule has 0 radical (unpaired) electrons. The lowest BCUT2D eigenvalue weighted by Gasteiger charge is -2.26. The number of hydrogen-bond acceptors (Lipinski definition) is 4. The smallest absolute Gasteiger partial charge is 0.335 e. The highest BCUT2D eigenvalue weighted by molar-refractivity contribution is 5.88. The minimum absolute atomic E-state index is 0.289. The molecule has 0 heterocycles. The Hall–Kier alpha value is -1.36. The summed E-state index contributed by atoms with van der Waals surface area (Å²) >= 11 is 0. The second-order valence-electron chi connectivity index (χ2n) is 4.66. The molecule has 18 heavy (non-hydrogen) atoms. The van der Waals surface area contributed by atoms with Crippen molar-refractivity contribution in [2.75, 3.05) is 6.61 Å². The van der Waals surface area contributed by atoms with Crippen LogP contribution in [0, 0.1) is 0 Å². The van der Waals surface area contributed by atoms with E-state index in [0.29, 0.717) is 6.61 Å². The number of carbonyl (C=O) groups is 2. The van der Waals surface area contributed by atoms with Crippen molar-refractivity contribution in [2.24, 2.45) is 0 Å². The maximum absolute atomic E-state index is 11.9. The highest BCUT2D eigenvalue weighted by atomic mass is 16.6. The average molecular weight is 257 g/mol. The number of ether oxygens (including phenoxy) is 2. The lowest BCUT2D eigenvalue weighted by molar-refractivity contribution is -0.153. The Balaban J connectivity index is 4.29. The van der Waals surface area contributed by atoms with E-state index in [1.165, 1.54) is 0 Å². The molecule has 0 bridgehead atoms. The van der Waals surface area contributed by atoms with Gasteiger partial charge in [0.2, 0.25) is 0 Å². The van der Waals surface area contributed by atoms with Crippen molar-refractivity contribution in [2.45, 2.75) is 52.9 Å². The Morgan fingerprint density at radius 2 is 1.94 bits per heavy atom. The monoisotopic (exact) mass is 257 g/mol. The molecule has 0 aromatic rings. The standard InChI is InChI=1S/C13H23NO4/c1-7-8-17-13(5,6)12(16)14-10(4)18-11(15)9(2)3/h10H,2,7-8H2,1,3-6H3,(H,14,16). The van der Waals surface area contributed by atoms with Crippen LogP contribution >= 0.6 is 0 Å². The van der Waals surface area contributed by atoms with Gasteiger partial charge in [-0.15, -0.1) is 0 Å². The summed E-state index contributed by atoms with van der Waals surface area (Å²) in [5.41, 5.74) is -0.655. The van der Waals surface area contributed by atoms with Crippen LogP contribution in [-0.2, 0) is 19.1 Å². The van der Waals surface area contributed by atoms with Gasteiger partial charge in [0.15, 0.2) is 6.23 Å². The van der Waals surface area contributed by atoms with Crippen LogP contribution in [0.25, 0.3) is 0 Å². The highest BCUT2D eigenvalue weighted by Crippen LogP contribution is 2.10. The van der Waals surface area contributed by atoms with Gasteiger partial charge in [0.1, 0.15) is 5.60 Å². The molecule has 5 nitrogen and oxygen atoms in total. The Morgan fingerprint density at radius 1 is 1.39 bits per heavy atom. The zero-order chi connectivity index (χ0) is 14.3. The van der Waals surface area contributed by atoms with Gasteiger partial charge in [-0.2, -0.15) is 0 Å². The van der Waals surface area contributed by atoms with Crippen molar-refractivity contribution in [3.63, 3.8) is 0 Å². The molecule has 1 amide bonds. The number of amides is 1. The number of nitrogens with one attached hydrogen (secondary N) is 1. The van der Waals surface area contributed by atoms with Gasteiger partial charge in [0.25, 0.3) is 5.91 Å². The Labute approximate surface area is 109 Å². The molecule has 0 saturated heterocycles. The van der Waals surface area contributed by atoms with Crippen molar-refractivity contribution in [3.05, 3.63) is 12.2 Å². The summed E-state index contributed by atoms with van der Waals surface area (Å²) in [5.74, 6) is -0.854.